The predicted octanol–water partition coefficient (Wildman–Crippen LogP) is 3.40. The van der Waals surface area contributed by atoms with Crippen LogP contribution in [0.2, 0.25) is 0 Å². The van der Waals surface area contributed by atoms with Crippen LogP contribution in [0.15, 0.2) is 11.4 Å². The van der Waals surface area contributed by atoms with Crippen LogP contribution in [0.4, 0.5) is 0 Å². The first-order valence-electron chi connectivity index (χ1n) is 7.68. The van der Waals surface area contributed by atoms with Crippen LogP contribution in [0, 0.1) is 5.92 Å². The van der Waals surface area contributed by atoms with Crippen molar-refractivity contribution in [3.8, 4) is 0 Å². The number of thiophene rings is 1. The largest absolute Gasteiger partial charge is 0.370 e. The summed E-state index contributed by atoms with van der Waals surface area (Å²) in [5.74, 6) is 0.567. The van der Waals surface area contributed by atoms with Gasteiger partial charge >= 0.3 is 0 Å². The molecule has 3 nitrogen and oxygen atoms in total. The van der Waals surface area contributed by atoms with Gasteiger partial charge < -0.3 is 9.64 Å². The van der Waals surface area contributed by atoms with Gasteiger partial charge in [-0.1, -0.05) is 19.3 Å². The summed E-state index contributed by atoms with van der Waals surface area (Å²) in [5, 5.41) is 2.13. The topological polar surface area (TPSA) is 29.5 Å². The smallest absolute Gasteiger partial charge is 0.225 e. The first-order chi connectivity index (χ1) is 9.75. The molecule has 3 rings (SSSR count). The van der Waals surface area contributed by atoms with Gasteiger partial charge in [-0.25, -0.2) is 0 Å². The summed E-state index contributed by atoms with van der Waals surface area (Å²) < 4.78 is 5.89. The number of amides is 1. The molecule has 4 heteroatoms. The van der Waals surface area contributed by atoms with Crippen LogP contribution in [0.3, 0.4) is 0 Å². The molecule has 2 aliphatic rings. The molecular weight excluding hydrogens is 270 g/mol. The van der Waals surface area contributed by atoms with Crippen molar-refractivity contribution in [2.75, 3.05) is 20.2 Å². The summed E-state index contributed by atoms with van der Waals surface area (Å²) >= 11 is 1.76. The van der Waals surface area contributed by atoms with Gasteiger partial charge in [-0.15, -0.1) is 11.3 Å². The maximum Gasteiger partial charge on any atom is 0.225 e. The summed E-state index contributed by atoms with van der Waals surface area (Å²) in [5.41, 5.74) is 1.41. The zero-order chi connectivity index (χ0) is 13.9. The van der Waals surface area contributed by atoms with E-state index in [2.05, 4.69) is 11.4 Å². The third-order valence-corrected chi connectivity index (χ3v) is 5.59. The zero-order valence-electron chi connectivity index (χ0n) is 12.1. The summed E-state index contributed by atoms with van der Waals surface area (Å²) in [6.45, 7) is 1.47. The number of hydrogen-bond acceptors (Lipinski definition) is 3. The Bertz CT molecular complexity index is 465. The molecule has 1 atom stereocenters. The molecule has 0 N–H and O–H groups in total. The quantitative estimate of drug-likeness (QED) is 0.855. The Morgan fingerprint density at radius 2 is 2.20 bits per heavy atom. The lowest BCUT2D eigenvalue weighted by molar-refractivity contribution is -0.137. The number of fused-ring (bicyclic) bond motifs is 1. The van der Waals surface area contributed by atoms with Gasteiger partial charge in [0.15, 0.2) is 0 Å². The lowest BCUT2D eigenvalue weighted by atomic mass is 9.88. The van der Waals surface area contributed by atoms with E-state index in [0.717, 1.165) is 25.9 Å². The SMILES string of the molecule is CN(C[C@@H]1OCCc2ccsc21)C(=O)C1CCCCC1. The minimum Gasteiger partial charge on any atom is -0.370 e. The van der Waals surface area contributed by atoms with Crippen molar-refractivity contribution >= 4 is 17.2 Å². The van der Waals surface area contributed by atoms with Gasteiger partial charge in [0, 0.05) is 17.8 Å². The van der Waals surface area contributed by atoms with E-state index in [0.29, 0.717) is 12.5 Å². The van der Waals surface area contributed by atoms with Crippen LogP contribution in [-0.2, 0) is 16.0 Å². The molecular formula is C16H23NO2S. The van der Waals surface area contributed by atoms with Gasteiger partial charge in [0.2, 0.25) is 5.91 Å². The van der Waals surface area contributed by atoms with E-state index in [1.807, 2.05) is 11.9 Å². The van der Waals surface area contributed by atoms with E-state index in [1.54, 1.807) is 11.3 Å². The van der Waals surface area contributed by atoms with Crippen LogP contribution in [0.5, 0.6) is 0 Å². The van der Waals surface area contributed by atoms with E-state index in [-0.39, 0.29) is 12.0 Å². The van der Waals surface area contributed by atoms with Gasteiger partial charge in [-0.3, -0.25) is 4.79 Å². The third kappa shape index (κ3) is 2.91. The van der Waals surface area contributed by atoms with Crippen molar-refractivity contribution in [1.29, 1.82) is 0 Å². The molecule has 1 amide bonds. The maximum atomic E-state index is 12.5. The Balaban J connectivity index is 1.62. The van der Waals surface area contributed by atoms with Gasteiger partial charge in [0.1, 0.15) is 6.10 Å². The third-order valence-electron chi connectivity index (χ3n) is 4.53. The number of carbonyl (C=O) groups excluding carboxylic acids is 1. The number of nitrogens with zero attached hydrogens (tertiary/aromatic N) is 1. The zero-order valence-corrected chi connectivity index (χ0v) is 13.0. The molecule has 1 fully saturated rings. The van der Waals surface area contributed by atoms with E-state index in [4.69, 9.17) is 4.74 Å². The van der Waals surface area contributed by atoms with Crippen molar-refractivity contribution in [3.63, 3.8) is 0 Å². The molecule has 0 spiro atoms. The second-order valence-electron chi connectivity index (χ2n) is 5.97. The lowest BCUT2D eigenvalue weighted by Gasteiger charge is -2.31. The second-order valence-corrected chi connectivity index (χ2v) is 6.92. The minimum absolute atomic E-state index is 0.0799. The summed E-state index contributed by atoms with van der Waals surface area (Å²) in [7, 11) is 1.93. The first-order valence-corrected chi connectivity index (χ1v) is 8.56. The Kier molecular flexibility index (Phi) is 4.41. The molecule has 20 heavy (non-hydrogen) atoms. The summed E-state index contributed by atoms with van der Waals surface area (Å²) in [4.78, 5) is 15.7. The predicted molar refractivity (Wildman–Crippen MR) is 80.9 cm³/mol. The molecule has 0 bridgehead atoms. The highest BCUT2D eigenvalue weighted by atomic mass is 32.1. The van der Waals surface area contributed by atoms with Gasteiger partial charge in [-0.05, 0) is 36.3 Å². The summed E-state index contributed by atoms with van der Waals surface area (Å²) in [6.07, 6.45) is 6.93. The van der Waals surface area contributed by atoms with Crippen molar-refractivity contribution in [3.05, 3.63) is 21.9 Å². The van der Waals surface area contributed by atoms with E-state index in [1.165, 1.54) is 29.7 Å². The number of likely N-dealkylation sites (N-methyl/N-ethyl adjacent to an activating group) is 1. The van der Waals surface area contributed by atoms with Gasteiger partial charge in [0.25, 0.3) is 0 Å². The average Bonchev–Trinajstić information content (AvgIpc) is 2.97. The van der Waals surface area contributed by atoms with Crippen LogP contribution >= 0.6 is 11.3 Å². The molecule has 1 aromatic heterocycles. The molecule has 0 radical (unpaired) electrons. The molecule has 2 heterocycles. The highest BCUT2D eigenvalue weighted by Crippen LogP contribution is 2.33. The molecule has 110 valence electrons. The molecule has 0 aromatic carbocycles. The molecule has 0 unspecified atom stereocenters. The second kappa shape index (κ2) is 6.27. The normalized spacial score (nSPS) is 23.4. The Labute approximate surface area is 124 Å². The standard InChI is InChI=1S/C16H23NO2S/c1-17(16(18)13-5-3-2-4-6-13)11-14-15-12(7-9-19-14)8-10-20-15/h8,10,13-14H,2-7,9,11H2,1H3/t14-/m0/s1. The van der Waals surface area contributed by atoms with Crippen molar-refractivity contribution < 1.29 is 9.53 Å². The average molecular weight is 293 g/mol. The highest BCUT2D eigenvalue weighted by Gasteiger charge is 2.28. The maximum absolute atomic E-state index is 12.5. The fourth-order valence-corrected chi connectivity index (χ4v) is 4.35. The van der Waals surface area contributed by atoms with Crippen LogP contribution in [0.25, 0.3) is 0 Å². The number of carbonyl (C=O) groups is 1. The van der Waals surface area contributed by atoms with E-state index in [9.17, 15) is 4.79 Å². The van der Waals surface area contributed by atoms with Crippen molar-refractivity contribution in [1.82, 2.24) is 4.90 Å². The number of ether oxygens (including phenoxy) is 1. The summed E-state index contributed by atoms with van der Waals surface area (Å²) in [6, 6.07) is 2.19. The fourth-order valence-electron chi connectivity index (χ4n) is 3.36. The minimum atomic E-state index is 0.0799. The molecule has 0 saturated heterocycles. The molecule has 1 saturated carbocycles. The molecule has 1 aliphatic heterocycles. The number of rotatable bonds is 3. The highest BCUT2D eigenvalue weighted by molar-refractivity contribution is 7.10. The fraction of sp³-hybridized carbons (Fsp3) is 0.688. The van der Waals surface area contributed by atoms with E-state index >= 15 is 0 Å². The Morgan fingerprint density at radius 1 is 1.40 bits per heavy atom. The van der Waals surface area contributed by atoms with Crippen LogP contribution in [-0.4, -0.2) is 31.0 Å². The number of hydrogen-bond donors (Lipinski definition) is 0. The Morgan fingerprint density at radius 3 is 3.00 bits per heavy atom. The van der Waals surface area contributed by atoms with E-state index < -0.39 is 0 Å². The Hall–Kier alpha value is -0.870. The van der Waals surface area contributed by atoms with Gasteiger partial charge in [-0.2, -0.15) is 0 Å². The van der Waals surface area contributed by atoms with Crippen LogP contribution in [0.1, 0.15) is 48.6 Å². The molecule has 1 aliphatic carbocycles. The lowest BCUT2D eigenvalue weighted by Crippen LogP contribution is -2.37. The monoisotopic (exact) mass is 293 g/mol. The van der Waals surface area contributed by atoms with Gasteiger partial charge in [0.05, 0.1) is 13.2 Å². The molecule has 1 aromatic rings. The first kappa shape index (κ1) is 14.1. The van der Waals surface area contributed by atoms with Crippen LogP contribution < -0.4 is 0 Å². The van der Waals surface area contributed by atoms with Crippen molar-refractivity contribution in [2.24, 2.45) is 5.92 Å². The van der Waals surface area contributed by atoms with Crippen molar-refractivity contribution in [2.45, 2.75) is 44.6 Å².